The van der Waals surface area contributed by atoms with E-state index in [1.165, 1.54) is 12.1 Å². The molecule has 2 heterocycles. The van der Waals surface area contributed by atoms with Crippen LogP contribution in [0.25, 0.3) is 0 Å². The molecule has 0 aliphatic carbocycles. The normalized spacial score (nSPS) is 17.7. The fourth-order valence-electron chi connectivity index (χ4n) is 2.95. The Morgan fingerprint density at radius 1 is 1.17 bits per heavy atom. The van der Waals surface area contributed by atoms with Crippen LogP contribution in [0.1, 0.15) is 12.5 Å². The number of piperazine rings is 1. The summed E-state index contributed by atoms with van der Waals surface area (Å²) >= 11 is 0. The van der Waals surface area contributed by atoms with Gasteiger partial charge in [-0.15, -0.1) is 12.4 Å². The van der Waals surface area contributed by atoms with Crippen LogP contribution >= 0.6 is 12.4 Å². The minimum Gasteiger partial charge on any atom is -0.385 e. The van der Waals surface area contributed by atoms with E-state index in [1.807, 2.05) is 25.1 Å². The fourth-order valence-corrected chi connectivity index (χ4v) is 2.95. The average Bonchev–Trinajstić information content (AvgIpc) is 2.49. The summed E-state index contributed by atoms with van der Waals surface area (Å²) in [6, 6.07) is 6.60. The van der Waals surface area contributed by atoms with Crippen LogP contribution in [-0.4, -0.2) is 22.9 Å². The summed E-state index contributed by atoms with van der Waals surface area (Å²) in [7, 11) is 0. The van der Waals surface area contributed by atoms with E-state index in [2.05, 4.69) is 23.0 Å². The molecular formula is C18H21ClFN3. The third-order valence-corrected chi connectivity index (χ3v) is 4.28. The van der Waals surface area contributed by atoms with Crippen LogP contribution in [0.4, 0.5) is 4.39 Å². The van der Waals surface area contributed by atoms with Crippen molar-refractivity contribution in [2.45, 2.75) is 13.5 Å². The lowest BCUT2D eigenvalue weighted by molar-refractivity contribution is 0.238. The Balaban J connectivity index is 0.00000192. The van der Waals surface area contributed by atoms with Crippen LogP contribution in [0.15, 0.2) is 71.9 Å². The van der Waals surface area contributed by atoms with Crippen molar-refractivity contribution in [1.82, 2.24) is 9.80 Å². The second-order valence-electron chi connectivity index (χ2n) is 5.71. The maximum atomic E-state index is 13.0. The number of allylic oxidation sites excluding steroid dienone is 3. The van der Waals surface area contributed by atoms with Crippen LogP contribution in [0.5, 0.6) is 0 Å². The van der Waals surface area contributed by atoms with E-state index in [0.29, 0.717) is 12.4 Å². The maximum Gasteiger partial charge on any atom is 0.123 e. The number of fused-ring (bicyclic) bond motifs is 1. The van der Waals surface area contributed by atoms with Gasteiger partial charge in [0.15, 0.2) is 0 Å². The third kappa shape index (κ3) is 3.13. The van der Waals surface area contributed by atoms with Crippen molar-refractivity contribution in [2.75, 3.05) is 13.1 Å². The zero-order chi connectivity index (χ0) is 15.9. The quantitative estimate of drug-likeness (QED) is 0.898. The van der Waals surface area contributed by atoms with Crippen molar-refractivity contribution in [3.63, 3.8) is 0 Å². The van der Waals surface area contributed by atoms with Crippen LogP contribution < -0.4 is 5.73 Å². The lowest BCUT2D eigenvalue weighted by Gasteiger charge is -2.43. The smallest absolute Gasteiger partial charge is 0.123 e. The van der Waals surface area contributed by atoms with E-state index in [0.717, 1.165) is 41.2 Å². The standard InChI is InChI=1S/C18H20FN3.ClH/c1-12-10-17(20)22-9-8-21(14(3)18(22)13(12)2)11-15-4-6-16(19)7-5-15;/h4-7,10H,1,3,8-9,11,20H2,2H3;1H. The molecule has 0 radical (unpaired) electrons. The molecule has 0 spiro atoms. The second-order valence-corrected chi connectivity index (χ2v) is 5.71. The first-order valence-corrected chi connectivity index (χ1v) is 7.31. The Morgan fingerprint density at radius 2 is 1.83 bits per heavy atom. The highest BCUT2D eigenvalue weighted by molar-refractivity contribution is 5.85. The number of halogens is 2. The molecule has 1 fully saturated rings. The average molecular weight is 334 g/mol. The van der Waals surface area contributed by atoms with E-state index >= 15 is 0 Å². The summed E-state index contributed by atoms with van der Waals surface area (Å²) in [5.41, 5.74) is 11.2. The number of nitrogens with zero attached hydrogens (tertiary/aromatic N) is 2. The van der Waals surface area contributed by atoms with Crippen LogP contribution in [-0.2, 0) is 6.54 Å². The minimum atomic E-state index is -0.215. The van der Waals surface area contributed by atoms with Gasteiger partial charge >= 0.3 is 0 Å². The predicted molar refractivity (Wildman–Crippen MR) is 94.0 cm³/mol. The number of nitrogens with two attached hydrogens (primary N) is 1. The molecule has 0 amide bonds. The summed E-state index contributed by atoms with van der Waals surface area (Å²) in [5, 5.41) is 0. The molecule has 1 aromatic rings. The van der Waals surface area contributed by atoms with E-state index in [-0.39, 0.29) is 18.2 Å². The molecule has 3 nitrogen and oxygen atoms in total. The van der Waals surface area contributed by atoms with Crippen molar-refractivity contribution in [3.8, 4) is 0 Å². The van der Waals surface area contributed by atoms with Gasteiger partial charge in [-0.3, -0.25) is 0 Å². The Bertz CT molecular complexity index is 703. The van der Waals surface area contributed by atoms with Crippen molar-refractivity contribution in [2.24, 2.45) is 5.73 Å². The first-order valence-electron chi connectivity index (χ1n) is 7.31. The Kier molecular flexibility index (Phi) is 4.85. The zero-order valence-corrected chi connectivity index (χ0v) is 14.0. The van der Waals surface area contributed by atoms with Gasteiger partial charge in [0.2, 0.25) is 0 Å². The van der Waals surface area contributed by atoms with Crippen molar-refractivity contribution in [1.29, 1.82) is 0 Å². The van der Waals surface area contributed by atoms with E-state index in [9.17, 15) is 4.39 Å². The summed E-state index contributed by atoms with van der Waals surface area (Å²) in [6.45, 7) is 12.7. The molecule has 0 atom stereocenters. The lowest BCUT2D eigenvalue weighted by Crippen LogP contribution is -2.45. The van der Waals surface area contributed by atoms with Gasteiger partial charge in [0.05, 0.1) is 11.4 Å². The first kappa shape index (κ1) is 17.2. The molecular weight excluding hydrogens is 313 g/mol. The van der Waals surface area contributed by atoms with Gasteiger partial charge in [-0.25, -0.2) is 4.39 Å². The zero-order valence-electron chi connectivity index (χ0n) is 13.2. The molecule has 1 aromatic carbocycles. The van der Waals surface area contributed by atoms with Crippen LogP contribution in [0, 0.1) is 5.82 Å². The molecule has 23 heavy (non-hydrogen) atoms. The monoisotopic (exact) mass is 333 g/mol. The number of hydrogen-bond donors (Lipinski definition) is 1. The number of benzene rings is 1. The van der Waals surface area contributed by atoms with Gasteiger partial charge < -0.3 is 15.5 Å². The van der Waals surface area contributed by atoms with Crippen molar-refractivity contribution in [3.05, 3.63) is 83.2 Å². The molecule has 0 aromatic heterocycles. The largest absolute Gasteiger partial charge is 0.385 e. The molecule has 2 aliphatic heterocycles. The third-order valence-electron chi connectivity index (χ3n) is 4.28. The molecule has 0 bridgehead atoms. The summed E-state index contributed by atoms with van der Waals surface area (Å²) in [4.78, 5) is 4.29. The highest BCUT2D eigenvalue weighted by atomic mass is 35.5. The van der Waals surface area contributed by atoms with E-state index in [1.54, 1.807) is 0 Å². The first-order chi connectivity index (χ1) is 10.5. The molecule has 1 saturated heterocycles. The highest BCUT2D eigenvalue weighted by Gasteiger charge is 2.30. The fraction of sp³-hybridized carbons (Fsp3) is 0.222. The molecule has 3 rings (SSSR count). The van der Waals surface area contributed by atoms with Gasteiger partial charge in [0, 0.05) is 19.6 Å². The van der Waals surface area contributed by atoms with Gasteiger partial charge in [-0.2, -0.15) is 0 Å². The molecule has 5 heteroatoms. The summed E-state index contributed by atoms with van der Waals surface area (Å²) < 4.78 is 13.0. The molecule has 0 saturated carbocycles. The molecule has 2 N–H and O–H groups in total. The van der Waals surface area contributed by atoms with Gasteiger partial charge in [-0.1, -0.05) is 25.3 Å². The van der Waals surface area contributed by atoms with Crippen LogP contribution in [0.2, 0.25) is 0 Å². The van der Waals surface area contributed by atoms with Crippen molar-refractivity contribution < 1.29 is 4.39 Å². The Hall–Kier alpha value is -2.20. The second kappa shape index (κ2) is 6.50. The maximum absolute atomic E-state index is 13.0. The molecule has 122 valence electrons. The van der Waals surface area contributed by atoms with Crippen molar-refractivity contribution >= 4 is 12.4 Å². The summed E-state index contributed by atoms with van der Waals surface area (Å²) in [6.07, 6.45) is 1.90. The number of rotatable bonds is 2. The predicted octanol–water partition coefficient (Wildman–Crippen LogP) is 3.52. The lowest BCUT2D eigenvalue weighted by atomic mass is 9.98. The molecule has 2 aliphatic rings. The molecule has 0 unspecified atom stereocenters. The topological polar surface area (TPSA) is 32.5 Å². The van der Waals surface area contributed by atoms with Crippen LogP contribution in [0.3, 0.4) is 0 Å². The van der Waals surface area contributed by atoms with E-state index in [4.69, 9.17) is 5.73 Å². The minimum absolute atomic E-state index is 0. The van der Waals surface area contributed by atoms with Gasteiger partial charge in [0.1, 0.15) is 11.6 Å². The van der Waals surface area contributed by atoms with Gasteiger partial charge in [0.25, 0.3) is 0 Å². The van der Waals surface area contributed by atoms with E-state index < -0.39 is 0 Å². The Morgan fingerprint density at radius 3 is 2.48 bits per heavy atom. The number of hydrogen-bond acceptors (Lipinski definition) is 3. The summed E-state index contributed by atoms with van der Waals surface area (Å²) in [5.74, 6) is 0.501. The highest BCUT2D eigenvalue weighted by Crippen LogP contribution is 2.35. The Labute approximate surface area is 142 Å². The van der Waals surface area contributed by atoms with Gasteiger partial charge in [-0.05, 0) is 41.8 Å². The SMILES string of the molecule is C=C1C=C(N)N2CCN(Cc3ccc(F)cc3)C(=C)C2=C1C.Cl.